The van der Waals surface area contributed by atoms with Crippen molar-refractivity contribution in [1.82, 2.24) is 5.32 Å². The highest BCUT2D eigenvalue weighted by molar-refractivity contribution is 6.08. The third kappa shape index (κ3) is 10.1. The molecule has 0 saturated heterocycles. The van der Waals surface area contributed by atoms with Crippen LogP contribution in [0.2, 0.25) is 6.04 Å². The molecule has 0 aromatic carbocycles. The van der Waals surface area contributed by atoms with Crippen LogP contribution < -0.4 is 5.32 Å². The van der Waals surface area contributed by atoms with Gasteiger partial charge in [0, 0.05) is 23.2 Å². The number of rotatable bonds is 7. The van der Waals surface area contributed by atoms with Crippen LogP contribution in [-0.4, -0.2) is 55.5 Å². The first kappa shape index (κ1) is 12.1. The first-order chi connectivity index (χ1) is 5.56. The zero-order valence-corrected chi connectivity index (χ0v) is 11.2. The van der Waals surface area contributed by atoms with Gasteiger partial charge in [0.1, 0.15) is 0 Å². The molecule has 0 aromatic heterocycles. The van der Waals surface area contributed by atoms with E-state index in [4.69, 9.17) is 0 Å². The number of hydrogen-bond donors (Lipinski definition) is 1. The molecule has 0 aliphatic carbocycles. The molecule has 12 heavy (non-hydrogen) atoms. The fraction of sp³-hybridized carbons (Fsp3) is 1.00. The van der Waals surface area contributed by atoms with Crippen molar-refractivity contribution in [2.45, 2.75) is 18.9 Å². The van der Waals surface area contributed by atoms with E-state index in [1.54, 1.807) is 0 Å². The Morgan fingerprint density at radius 1 is 1.08 bits per heavy atom. The minimum Gasteiger partial charge on any atom is -0.331 e. The monoisotopic (exact) mass is 189 g/mol. The van der Waals surface area contributed by atoms with Gasteiger partial charge in [-0.1, -0.05) is 6.04 Å². The standard InChI is InChI=1S/C9H25N2Si/c1-11(2,3)8-4-6-10-7-5-9-12/h10H,4-9H2,1-3,12H3/q+1. The van der Waals surface area contributed by atoms with Crippen LogP contribution in [0, 0.1) is 0 Å². The molecule has 0 saturated carbocycles. The van der Waals surface area contributed by atoms with Gasteiger partial charge >= 0.3 is 0 Å². The maximum Gasteiger partial charge on any atom is 0.0792 e. The zero-order valence-electron chi connectivity index (χ0n) is 9.19. The van der Waals surface area contributed by atoms with E-state index in [9.17, 15) is 0 Å². The molecule has 0 spiro atoms. The molecule has 0 unspecified atom stereocenters. The molecular weight excluding hydrogens is 164 g/mol. The highest BCUT2D eigenvalue weighted by Crippen LogP contribution is 1.91. The van der Waals surface area contributed by atoms with Crippen molar-refractivity contribution >= 4 is 10.2 Å². The Morgan fingerprint density at radius 2 is 1.67 bits per heavy atom. The maximum atomic E-state index is 3.47. The van der Waals surface area contributed by atoms with Gasteiger partial charge in [-0.2, -0.15) is 0 Å². The van der Waals surface area contributed by atoms with Crippen LogP contribution in [0.1, 0.15) is 12.8 Å². The van der Waals surface area contributed by atoms with E-state index in [2.05, 4.69) is 26.5 Å². The van der Waals surface area contributed by atoms with Crippen LogP contribution in [-0.2, 0) is 0 Å². The second-order valence-electron chi connectivity index (χ2n) is 4.47. The second-order valence-corrected chi connectivity index (χ2v) is 5.47. The summed E-state index contributed by atoms with van der Waals surface area (Å²) in [6.45, 7) is 3.69. The summed E-state index contributed by atoms with van der Waals surface area (Å²) in [6, 6.07) is 1.43. The van der Waals surface area contributed by atoms with Gasteiger partial charge in [-0.3, -0.25) is 0 Å². The fourth-order valence-electron chi connectivity index (χ4n) is 1.11. The smallest absolute Gasteiger partial charge is 0.0792 e. The maximum absolute atomic E-state index is 3.47. The van der Waals surface area contributed by atoms with Gasteiger partial charge in [-0.05, 0) is 13.0 Å². The summed E-state index contributed by atoms with van der Waals surface area (Å²) in [6.07, 6.45) is 2.67. The van der Waals surface area contributed by atoms with Gasteiger partial charge < -0.3 is 9.80 Å². The summed E-state index contributed by atoms with van der Waals surface area (Å²) in [7, 11) is 8.10. The highest BCUT2D eigenvalue weighted by Gasteiger charge is 2.04. The molecule has 1 N–H and O–H groups in total. The fourth-order valence-corrected chi connectivity index (χ4v) is 1.46. The molecule has 74 valence electrons. The van der Waals surface area contributed by atoms with Crippen LogP contribution in [0.15, 0.2) is 0 Å². The van der Waals surface area contributed by atoms with Crippen LogP contribution >= 0.6 is 0 Å². The SMILES string of the molecule is C[N+](C)(C)CCCNCCC[SiH3]. The minimum atomic E-state index is 1.09. The summed E-state index contributed by atoms with van der Waals surface area (Å²) < 4.78 is 1.09. The van der Waals surface area contributed by atoms with Crippen molar-refractivity contribution in [3.63, 3.8) is 0 Å². The molecule has 0 amide bonds. The number of hydrogen-bond acceptors (Lipinski definition) is 1. The van der Waals surface area contributed by atoms with Crippen molar-refractivity contribution in [3.8, 4) is 0 Å². The van der Waals surface area contributed by atoms with Crippen molar-refractivity contribution in [3.05, 3.63) is 0 Å². The van der Waals surface area contributed by atoms with E-state index in [1.807, 2.05) is 0 Å². The van der Waals surface area contributed by atoms with Crippen LogP contribution in [0.3, 0.4) is 0 Å². The number of nitrogens with zero attached hydrogens (tertiary/aromatic N) is 1. The van der Waals surface area contributed by atoms with Gasteiger partial charge in [0.05, 0.1) is 27.7 Å². The largest absolute Gasteiger partial charge is 0.331 e. The molecular formula is C9H25N2Si+. The van der Waals surface area contributed by atoms with E-state index in [0.29, 0.717) is 0 Å². The first-order valence-corrected chi connectivity index (χ1v) is 6.49. The number of quaternary nitrogens is 1. The molecule has 0 fully saturated rings. The minimum absolute atomic E-state index is 1.09. The van der Waals surface area contributed by atoms with E-state index in [0.717, 1.165) is 4.48 Å². The zero-order chi connectivity index (χ0) is 9.45. The van der Waals surface area contributed by atoms with Crippen molar-refractivity contribution in [1.29, 1.82) is 0 Å². The number of nitrogens with one attached hydrogen (secondary N) is 1. The van der Waals surface area contributed by atoms with Gasteiger partial charge in [-0.15, -0.1) is 0 Å². The summed E-state index contributed by atoms with van der Waals surface area (Å²) in [5.41, 5.74) is 0. The van der Waals surface area contributed by atoms with Gasteiger partial charge in [0.2, 0.25) is 0 Å². The van der Waals surface area contributed by atoms with Crippen LogP contribution in [0.5, 0.6) is 0 Å². The van der Waals surface area contributed by atoms with E-state index in [1.165, 1.54) is 48.8 Å². The second kappa shape index (κ2) is 6.63. The Morgan fingerprint density at radius 3 is 2.17 bits per heavy atom. The summed E-state index contributed by atoms with van der Waals surface area (Å²) in [5.74, 6) is 0. The topological polar surface area (TPSA) is 12.0 Å². The lowest BCUT2D eigenvalue weighted by Gasteiger charge is -2.23. The molecule has 0 aliphatic rings. The first-order valence-electron chi connectivity index (χ1n) is 5.07. The third-order valence-corrected chi connectivity index (χ3v) is 2.60. The molecule has 0 bridgehead atoms. The molecule has 0 atom stereocenters. The lowest BCUT2D eigenvalue weighted by molar-refractivity contribution is -0.870. The van der Waals surface area contributed by atoms with E-state index < -0.39 is 0 Å². The molecule has 0 heterocycles. The van der Waals surface area contributed by atoms with E-state index >= 15 is 0 Å². The van der Waals surface area contributed by atoms with Gasteiger partial charge in [0.25, 0.3) is 0 Å². The normalized spacial score (nSPS) is 12.2. The Kier molecular flexibility index (Phi) is 6.71. The van der Waals surface area contributed by atoms with Crippen LogP contribution in [0.4, 0.5) is 0 Å². The summed E-state index contributed by atoms with van der Waals surface area (Å²) >= 11 is 0. The molecule has 3 heteroatoms. The lowest BCUT2D eigenvalue weighted by Crippen LogP contribution is -2.36. The summed E-state index contributed by atoms with van der Waals surface area (Å²) in [5, 5.41) is 3.47. The Labute approximate surface area is 80.3 Å². The van der Waals surface area contributed by atoms with E-state index in [-0.39, 0.29) is 0 Å². The van der Waals surface area contributed by atoms with Crippen molar-refractivity contribution < 1.29 is 4.48 Å². The Balaban J connectivity index is 3.01. The van der Waals surface area contributed by atoms with Crippen LogP contribution in [0.25, 0.3) is 0 Å². The third-order valence-electron chi connectivity index (χ3n) is 1.89. The molecule has 2 nitrogen and oxygen atoms in total. The predicted molar refractivity (Wildman–Crippen MR) is 59.7 cm³/mol. The van der Waals surface area contributed by atoms with Crippen molar-refractivity contribution in [2.24, 2.45) is 0 Å². The molecule has 0 aliphatic heterocycles. The Bertz CT molecular complexity index is 99.2. The quantitative estimate of drug-likeness (QED) is 0.334. The highest BCUT2D eigenvalue weighted by atomic mass is 28.1. The average Bonchev–Trinajstić information content (AvgIpc) is 1.94. The molecule has 0 radical (unpaired) electrons. The molecule has 0 aromatic rings. The Hall–Kier alpha value is 0.137. The lowest BCUT2D eigenvalue weighted by atomic mass is 10.3. The predicted octanol–water partition coefficient (Wildman–Crippen LogP) is -0.154. The summed E-state index contributed by atoms with van der Waals surface area (Å²) in [4.78, 5) is 0. The van der Waals surface area contributed by atoms with Gasteiger partial charge in [0.15, 0.2) is 0 Å². The van der Waals surface area contributed by atoms with Gasteiger partial charge in [-0.25, -0.2) is 0 Å². The van der Waals surface area contributed by atoms with Crippen molar-refractivity contribution in [2.75, 3.05) is 40.8 Å². The average molecular weight is 189 g/mol. The molecule has 0 rings (SSSR count).